The number of nitrogens with zero attached hydrogens (tertiary/aromatic N) is 1. The summed E-state index contributed by atoms with van der Waals surface area (Å²) in [7, 11) is 0. The molecule has 0 aromatic carbocycles. The SMILES string of the molecule is CCCCC(CCC)NC1CCN(CC)CC1. The second-order valence-electron chi connectivity index (χ2n) is 5.50. The zero-order chi connectivity index (χ0) is 12.5. The van der Waals surface area contributed by atoms with Gasteiger partial charge in [0.15, 0.2) is 0 Å². The predicted octanol–water partition coefficient (Wildman–Crippen LogP) is 3.42. The van der Waals surface area contributed by atoms with Crippen LogP contribution in [0.1, 0.15) is 65.7 Å². The van der Waals surface area contributed by atoms with Crippen molar-refractivity contribution in [2.45, 2.75) is 77.8 Å². The van der Waals surface area contributed by atoms with Gasteiger partial charge >= 0.3 is 0 Å². The van der Waals surface area contributed by atoms with Crippen molar-refractivity contribution in [3.8, 4) is 0 Å². The molecule has 1 unspecified atom stereocenters. The lowest BCUT2D eigenvalue weighted by molar-refractivity contribution is 0.195. The van der Waals surface area contributed by atoms with Gasteiger partial charge < -0.3 is 10.2 Å². The number of likely N-dealkylation sites (tertiary alicyclic amines) is 1. The van der Waals surface area contributed by atoms with Gasteiger partial charge in [0, 0.05) is 12.1 Å². The Labute approximate surface area is 108 Å². The lowest BCUT2D eigenvalue weighted by Gasteiger charge is -2.34. The minimum atomic E-state index is 0.776. The van der Waals surface area contributed by atoms with Crippen LogP contribution in [0.3, 0.4) is 0 Å². The normalized spacial score (nSPS) is 20.6. The first-order valence-electron chi connectivity index (χ1n) is 7.78. The maximum Gasteiger partial charge on any atom is 0.00940 e. The molecule has 102 valence electrons. The van der Waals surface area contributed by atoms with E-state index in [0.717, 1.165) is 12.1 Å². The van der Waals surface area contributed by atoms with E-state index in [1.165, 1.54) is 64.6 Å². The Morgan fingerprint density at radius 1 is 1.06 bits per heavy atom. The Balaban J connectivity index is 2.24. The van der Waals surface area contributed by atoms with E-state index in [-0.39, 0.29) is 0 Å². The highest BCUT2D eigenvalue weighted by Gasteiger charge is 2.20. The smallest absolute Gasteiger partial charge is 0.00940 e. The van der Waals surface area contributed by atoms with E-state index in [0.29, 0.717) is 0 Å². The number of rotatable bonds is 8. The van der Waals surface area contributed by atoms with Gasteiger partial charge in [-0.05, 0) is 45.3 Å². The topological polar surface area (TPSA) is 15.3 Å². The third-order valence-electron chi connectivity index (χ3n) is 4.05. The van der Waals surface area contributed by atoms with Crippen LogP contribution in [0.25, 0.3) is 0 Å². The number of piperidine rings is 1. The summed E-state index contributed by atoms with van der Waals surface area (Å²) in [6.45, 7) is 10.7. The van der Waals surface area contributed by atoms with E-state index in [9.17, 15) is 0 Å². The highest BCUT2D eigenvalue weighted by atomic mass is 15.1. The lowest BCUT2D eigenvalue weighted by Crippen LogP contribution is -2.46. The van der Waals surface area contributed by atoms with Gasteiger partial charge in [-0.25, -0.2) is 0 Å². The highest BCUT2D eigenvalue weighted by Crippen LogP contribution is 2.14. The zero-order valence-corrected chi connectivity index (χ0v) is 12.2. The molecule has 1 N–H and O–H groups in total. The van der Waals surface area contributed by atoms with Crippen LogP contribution in [0.5, 0.6) is 0 Å². The molecule has 1 aliphatic rings. The van der Waals surface area contributed by atoms with Gasteiger partial charge in [0.05, 0.1) is 0 Å². The number of hydrogen-bond donors (Lipinski definition) is 1. The summed E-state index contributed by atoms with van der Waals surface area (Å²) in [5.74, 6) is 0. The van der Waals surface area contributed by atoms with E-state index < -0.39 is 0 Å². The number of unbranched alkanes of at least 4 members (excludes halogenated alkanes) is 1. The summed E-state index contributed by atoms with van der Waals surface area (Å²) in [6.07, 6.45) is 9.45. The molecule has 17 heavy (non-hydrogen) atoms. The van der Waals surface area contributed by atoms with E-state index in [2.05, 4.69) is 31.0 Å². The summed E-state index contributed by atoms with van der Waals surface area (Å²) in [6, 6.07) is 1.56. The average Bonchev–Trinajstić information content (AvgIpc) is 2.37. The molecule has 1 saturated heterocycles. The Morgan fingerprint density at radius 3 is 2.29 bits per heavy atom. The summed E-state index contributed by atoms with van der Waals surface area (Å²) >= 11 is 0. The molecule has 0 aliphatic carbocycles. The van der Waals surface area contributed by atoms with Crippen molar-refractivity contribution >= 4 is 0 Å². The van der Waals surface area contributed by atoms with Crippen LogP contribution in [0.15, 0.2) is 0 Å². The van der Waals surface area contributed by atoms with Crippen molar-refractivity contribution in [3.05, 3.63) is 0 Å². The molecule has 0 aromatic heterocycles. The first kappa shape index (κ1) is 15.0. The van der Waals surface area contributed by atoms with Crippen molar-refractivity contribution in [2.24, 2.45) is 0 Å². The van der Waals surface area contributed by atoms with Gasteiger partial charge in [-0.3, -0.25) is 0 Å². The molecule has 0 saturated carbocycles. The van der Waals surface area contributed by atoms with Crippen LogP contribution in [0.2, 0.25) is 0 Å². The molecule has 0 radical (unpaired) electrons. The Hall–Kier alpha value is -0.0800. The van der Waals surface area contributed by atoms with E-state index >= 15 is 0 Å². The predicted molar refractivity (Wildman–Crippen MR) is 76.5 cm³/mol. The van der Waals surface area contributed by atoms with Crippen molar-refractivity contribution < 1.29 is 0 Å². The molecule has 1 heterocycles. The van der Waals surface area contributed by atoms with Crippen LogP contribution in [0, 0.1) is 0 Å². The largest absolute Gasteiger partial charge is 0.311 e. The van der Waals surface area contributed by atoms with Crippen LogP contribution in [-0.2, 0) is 0 Å². The van der Waals surface area contributed by atoms with Crippen molar-refractivity contribution in [1.29, 1.82) is 0 Å². The minimum absolute atomic E-state index is 0.776. The Bertz CT molecular complexity index is 174. The van der Waals surface area contributed by atoms with Crippen LogP contribution < -0.4 is 5.32 Å². The molecule has 1 atom stereocenters. The first-order valence-corrected chi connectivity index (χ1v) is 7.78. The van der Waals surface area contributed by atoms with E-state index in [1.807, 2.05) is 0 Å². The monoisotopic (exact) mass is 240 g/mol. The van der Waals surface area contributed by atoms with Crippen LogP contribution in [-0.4, -0.2) is 36.6 Å². The third-order valence-corrected chi connectivity index (χ3v) is 4.05. The molecule has 0 bridgehead atoms. The number of nitrogens with one attached hydrogen (secondary N) is 1. The van der Waals surface area contributed by atoms with Gasteiger partial charge in [0.25, 0.3) is 0 Å². The van der Waals surface area contributed by atoms with E-state index in [1.54, 1.807) is 0 Å². The molecular weight excluding hydrogens is 208 g/mol. The summed E-state index contributed by atoms with van der Waals surface area (Å²) in [5.41, 5.74) is 0. The summed E-state index contributed by atoms with van der Waals surface area (Å²) < 4.78 is 0. The maximum atomic E-state index is 3.91. The third kappa shape index (κ3) is 5.87. The van der Waals surface area contributed by atoms with E-state index in [4.69, 9.17) is 0 Å². The molecule has 1 aliphatic heterocycles. The Kier molecular flexibility index (Phi) is 7.87. The standard InChI is InChI=1S/C15H32N2/c1-4-7-9-14(8-5-2)16-15-10-12-17(6-3)13-11-15/h14-16H,4-13H2,1-3H3. The van der Waals surface area contributed by atoms with Crippen LogP contribution >= 0.6 is 0 Å². The fraction of sp³-hybridized carbons (Fsp3) is 1.00. The number of hydrogen-bond acceptors (Lipinski definition) is 2. The molecular formula is C15H32N2. The fourth-order valence-corrected chi connectivity index (χ4v) is 2.86. The second-order valence-corrected chi connectivity index (χ2v) is 5.50. The fourth-order valence-electron chi connectivity index (χ4n) is 2.86. The van der Waals surface area contributed by atoms with Crippen LogP contribution in [0.4, 0.5) is 0 Å². The Morgan fingerprint density at radius 2 is 1.76 bits per heavy atom. The maximum absolute atomic E-state index is 3.91. The zero-order valence-electron chi connectivity index (χ0n) is 12.2. The first-order chi connectivity index (χ1) is 8.30. The highest BCUT2D eigenvalue weighted by molar-refractivity contribution is 4.80. The lowest BCUT2D eigenvalue weighted by atomic mass is 9.99. The van der Waals surface area contributed by atoms with Gasteiger partial charge in [0.1, 0.15) is 0 Å². The van der Waals surface area contributed by atoms with Crippen molar-refractivity contribution in [1.82, 2.24) is 10.2 Å². The second kappa shape index (κ2) is 8.93. The van der Waals surface area contributed by atoms with Gasteiger partial charge in [-0.15, -0.1) is 0 Å². The molecule has 0 aromatic rings. The van der Waals surface area contributed by atoms with Crippen molar-refractivity contribution in [2.75, 3.05) is 19.6 Å². The molecule has 2 heteroatoms. The average molecular weight is 240 g/mol. The molecule has 1 rings (SSSR count). The molecule has 0 amide bonds. The summed E-state index contributed by atoms with van der Waals surface area (Å²) in [4.78, 5) is 2.57. The van der Waals surface area contributed by atoms with Gasteiger partial charge in [0.2, 0.25) is 0 Å². The quantitative estimate of drug-likeness (QED) is 0.699. The molecule has 1 fully saturated rings. The van der Waals surface area contributed by atoms with Crippen molar-refractivity contribution in [3.63, 3.8) is 0 Å². The minimum Gasteiger partial charge on any atom is -0.311 e. The summed E-state index contributed by atoms with van der Waals surface area (Å²) in [5, 5.41) is 3.91. The van der Waals surface area contributed by atoms with Gasteiger partial charge in [-0.1, -0.05) is 40.0 Å². The molecule has 2 nitrogen and oxygen atoms in total. The van der Waals surface area contributed by atoms with Gasteiger partial charge in [-0.2, -0.15) is 0 Å². The molecule has 0 spiro atoms.